The van der Waals surface area contributed by atoms with Crippen molar-refractivity contribution in [1.29, 1.82) is 0 Å². The van der Waals surface area contributed by atoms with Gasteiger partial charge in [-0.05, 0) is 18.9 Å². The van der Waals surface area contributed by atoms with Gasteiger partial charge in [0.25, 0.3) is 0 Å². The van der Waals surface area contributed by atoms with Crippen LogP contribution in [0.2, 0.25) is 0 Å². The number of imidazole rings is 1. The van der Waals surface area contributed by atoms with Crippen LogP contribution in [0.25, 0.3) is 11.3 Å². The van der Waals surface area contributed by atoms with Gasteiger partial charge in [-0.15, -0.1) is 34.2 Å². The standard InChI is InChI=1S/C20H26N8.HI/c1-3-21-20(23-13-19-26-25-18-10-7-11-28(18)19)27(2)14-17-22-12-16(24-17)15-8-5-4-6-9-15;/h4-6,8-9,12H,3,7,10-11,13-14H2,1-2H3,(H,21,23)(H,22,24);1H. The van der Waals surface area contributed by atoms with Crippen molar-refractivity contribution in [2.24, 2.45) is 4.99 Å². The maximum atomic E-state index is 4.76. The summed E-state index contributed by atoms with van der Waals surface area (Å²) in [6.45, 7) is 5.02. The van der Waals surface area contributed by atoms with E-state index in [2.05, 4.69) is 54.0 Å². The number of aliphatic imine (C=N–C) groups is 1. The van der Waals surface area contributed by atoms with Crippen LogP contribution in [0, 0.1) is 0 Å². The summed E-state index contributed by atoms with van der Waals surface area (Å²) in [4.78, 5) is 14.8. The molecule has 0 unspecified atom stereocenters. The first kappa shape index (κ1) is 21.3. The number of rotatable bonds is 6. The molecule has 29 heavy (non-hydrogen) atoms. The molecule has 0 radical (unpaired) electrons. The average Bonchev–Trinajstić information content (AvgIpc) is 3.44. The van der Waals surface area contributed by atoms with Gasteiger partial charge in [0.15, 0.2) is 11.8 Å². The zero-order valence-corrected chi connectivity index (χ0v) is 19.1. The molecule has 4 rings (SSSR count). The van der Waals surface area contributed by atoms with Crippen LogP contribution in [0.3, 0.4) is 0 Å². The molecule has 0 saturated carbocycles. The number of aryl methyl sites for hydroxylation is 1. The quantitative estimate of drug-likeness (QED) is 0.305. The van der Waals surface area contributed by atoms with Gasteiger partial charge < -0.3 is 19.8 Å². The molecule has 0 atom stereocenters. The number of hydrogen-bond donors (Lipinski definition) is 2. The first-order valence-corrected chi connectivity index (χ1v) is 9.74. The maximum absolute atomic E-state index is 4.76. The molecular formula is C20H27IN8. The smallest absolute Gasteiger partial charge is 0.194 e. The Morgan fingerprint density at radius 2 is 2.10 bits per heavy atom. The largest absolute Gasteiger partial charge is 0.357 e. The Kier molecular flexibility index (Phi) is 7.24. The number of aromatic amines is 1. The van der Waals surface area contributed by atoms with E-state index in [9.17, 15) is 0 Å². The molecule has 1 aliphatic heterocycles. The fourth-order valence-corrected chi connectivity index (χ4v) is 3.45. The number of nitrogens with zero attached hydrogens (tertiary/aromatic N) is 6. The Morgan fingerprint density at radius 1 is 1.28 bits per heavy atom. The van der Waals surface area contributed by atoms with Gasteiger partial charge in [0.05, 0.1) is 18.4 Å². The molecule has 0 aliphatic carbocycles. The first-order chi connectivity index (χ1) is 13.7. The van der Waals surface area contributed by atoms with Crippen molar-refractivity contribution in [1.82, 2.24) is 34.9 Å². The van der Waals surface area contributed by atoms with E-state index in [1.807, 2.05) is 31.4 Å². The van der Waals surface area contributed by atoms with Gasteiger partial charge in [0, 0.05) is 26.6 Å². The SMILES string of the molecule is CCNC(=NCc1nnc2n1CCC2)N(C)Cc1ncc(-c2ccccc2)[nH]1.I. The van der Waals surface area contributed by atoms with Crippen molar-refractivity contribution in [3.63, 3.8) is 0 Å². The van der Waals surface area contributed by atoms with Crippen molar-refractivity contribution in [3.8, 4) is 11.3 Å². The number of hydrogen-bond acceptors (Lipinski definition) is 4. The summed E-state index contributed by atoms with van der Waals surface area (Å²) in [5.74, 6) is 3.74. The lowest BCUT2D eigenvalue weighted by molar-refractivity contribution is 0.463. The zero-order chi connectivity index (χ0) is 19.3. The Balaban J connectivity index is 0.00000240. The lowest BCUT2D eigenvalue weighted by atomic mass is 10.2. The minimum Gasteiger partial charge on any atom is -0.357 e. The van der Waals surface area contributed by atoms with Crippen molar-refractivity contribution < 1.29 is 0 Å². The zero-order valence-electron chi connectivity index (χ0n) is 16.8. The van der Waals surface area contributed by atoms with Crippen LogP contribution >= 0.6 is 24.0 Å². The van der Waals surface area contributed by atoms with Crippen LogP contribution < -0.4 is 5.32 Å². The molecule has 9 heteroatoms. The fourth-order valence-electron chi connectivity index (χ4n) is 3.45. The Hall–Kier alpha value is -2.43. The number of H-pyrrole nitrogens is 1. The molecule has 1 aliphatic rings. The van der Waals surface area contributed by atoms with E-state index in [-0.39, 0.29) is 24.0 Å². The molecule has 0 bridgehead atoms. The molecule has 8 nitrogen and oxygen atoms in total. The molecule has 0 spiro atoms. The number of benzene rings is 1. The van der Waals surface area contributed by atoms with E-state index >= 15 is 0 Å². The highest BCUT2D eigenvalue weighted by atomic mass is 127. The summed E-state index contributed by atoms with van der Waals surface area (Å²) in [7, 11) is 2.01. The second kappa shape index (κ2) is 9.86. The normalized spacial score (nSPS) is 13.1. The third-order valence-corrected chi connectivity index (χ3v) is 4.85. The minimum absolute atomic E-state index is 0. The van der Waals surface area contributed by atoms with Crippen LogP contribution in [-0.2, 0) is 26.1 Å². The van der Waals surface area contributed by atoms with E-state index in [4.69, 9.17) is 4.99 Å². The average molecular weight is 506 g/mol. The number of fused-ring (bicyclic) bond motifs is 1. The molecule has 3 aromatic rings. The van der Waals surface area contributed by atoms with Crippen LogP contribution in [0.1, 0.15) is 30.8 Å². The lowest BCUT2D eigenvalue weighted by Crippen LogP contribution is -2.38. The van der Waals surface area contributed by atoms with E-state index in [0.717, 1.165) is 60.6 Å². The molecule has 154 valence electrons. The molecular weight excluding hydrogens is 479 g/mol. The van der Waals surface area contributed by atoms with Gasteiger partial charge >= 0.3 is 0 Å². The molecule has 3 heterocycles. The summed E-state index contributed by atoms with van der Waals surface area (Å²) in [6, 6.07) is 10.2. The minimum atomic E-state index is 0. The van der Waals surface area contributed by atoms with Crippen LogP contribution in [0.15, 0.2) is 41.5 Å². The third-order valence-electron chi connectivity index (χ3n) is 4.85. The topological polar surface area (TPSA) is 87.0 Å². The van der Waals surface area contributed by atoms with Gasteiger partial charge in [0.2, 0.25) is 0 Å². The Morgan fingerprint density at radius 3 is 2.90 bits per heavy atom. The lowest BCUT2D eigenvalue weighted by Gasteiger charge is -2.21. The highest BCUT2D eigenvalue weighted by Gasteiger charge is 2.17. The van der Waals surface area contributed by atoms with E-state index in [0.29, 0.717) is 13.1 Å². The number of halogens is 1. The highest BCUT2D eigenvalue weighted by Crippen LogP contribution is 2.17. The summed E-state index contributed by atoms with van der Waals surface area (Å²) in [5, 5.41) is 11.9. The molecule has 0 fully saturated rings. The molecule has 0 amide bonds. The highest BCUT2D eigenvalue weighted by molar-refractivity contribution is 14.0. The predicted molar refractivity (Wildman–Crippen MR) is 124 cm³/mol. The van der Waals surface area contributed by atoms with Crippen LogP contribution in [-0.4, -0.2) is 49.2 Å². The number of aromatic nitrogens is 5. The summed E-state index contributed by atoms with van der Waals surface area (Å²) in [5.41, 5.74) is 2.15. The molecule has 2 aromatic heterocycles. The van der Waals surface area contributed by atoms with E-state index in [1.165, 1.54) is 0 Å². The van der Waals surface area contributed by atoms with Crippen molar-refractivity contribution in [3.05, 3.63) is 54.0 Å². The van der Waals surface area contributed by atoms with Gasteiger partial charge in [-0.3, -0.25) is 0 Å². The third kappa shape index (κ3) is 4.95. The Bertz CT molecular complexity index is 947. The summed E-state index contributed by atoms with van der Waals surface area (Å²) >= 11 is 0. The molecule has 1 aromatic carbocycles. The van der Waals surface area contributed by atoms with Crippen molar-refractivity contribution in [2.45, 2.75) is 39.4 Å². The summed E-state index contributed by atoms with van der Waals surface area (Å²) < 4.78 is 2.19. The van der Waals surface area contributed by atoms with E-state index in [1.54, 1.807) is 0 Å². The number of guanidine groups is 1. The predicted octanol–water partition coefficient (Wildman–Crippen LogP) is 2.83. The monoisotopic (exact) mass is 506 g/mol. The van der Waals surface area contributed by atoms with Gasteiger partial charge in [-0.25, -0.2) is 9.98 Å². The summed E-state index contributed by atoms with van der Waals surface area (Å²) in [6.07, 6.45) is 4.03. The van der Waals surface area contributed by atoms with Crippen molar-refractivity contribution in [2.75, 3.05) is 13.6 Å². The fraction of sp³-hybridized carbons (Fsp3) is 0.400. The van der Waals surface area contributed by atoms with Crippen LogP contribution in [0.5, 0.6) is 0 Å². The van der Waals surface area contributed by atoms with Gasteiger partial charge in [-0.2, -0.15) is 0 Å². The maximum Gasteiger partial charge on any atom is 0.194 e. The number of nitrogens with one attached hydrogen (secondary N) is 2. The van der Waals surface area contributed by atoms with E-state index < -0.39 is 0 Å². The molecule has 0 saturated heterocycles. The second-order valence-electron chi connectivity index (χ2n) is 6.92. The van der Waals surface area contributed by atoms with Crippen molar-refractivity contribution >= 4 is 29.9 Å². The second-order valence-corrected chi connectivity index (χ2v) is 6.92. The first-order valence-electron chi connectivity index (χ1n) is 9.74. The van der Waals surface area contributed by atoms with Crippen LogP contribution in [0.4, 0.5) is 0 Å². The molecule has 2 N–H and O–H groups in total. The Labute approximate surface area is 187 Å². The van der Waals surface area contributed by atoms with Gasteiger partial charge in [0.1, 0.15) is 18.2 Å². The van der Waals surface area contributed by atoms with Gasteiger partial charge in [-0.1, -0.05) is 30.3 Å².